The van der Waals surface area contributed by atoms with E-state index in [9.17, 15) is 0 Å². The normalized spacial score (nSPS) is 18.0. The third kappa shape index (κ3) is 2.91. The second-order valence-corrected chi connectivity index (χ2v) is 6.25. The van der Waals surface area contributed by atoms with Gasteiger partial charge < -0.3 is 9.64 Å². The number of ether oxygens (including phenoxy) is 1. The Morgan fingerprint density at radius 2 is 2.08 bits per heavy atom. The average molecular weight is 323 g/mol. The van der Waals surface area contributed by atoms with Crippen molar-refractivity contribution in [2.45, 2.75) is 12.8 Å². The fourth-order valence-corrected chi connectivity index (χ4v) is 3.31. The number of nitrogens with zero attached hydrogens (tertiary/aromatic N) is 5. The highest BCUT2D eigenvalue weighted by Gasteiger charge is 2.24. The molecular weight excluding hydrogens is 302 g/mol. The van der Waals surface area contributed by atoms with E-state index in [1.165, 1.54) is 6.42 Å². The van der Waals surface area contributed by atoms with Crippen molar-refractivity contribution < 1.29 is 4.74 Å². The summed E-state index contributed by atoms with van der Waals surface area (Å²) in [7, 11) is 2.03. The van der Waals surface area contributed by atoms with E-state index in [4.69, 9.17) is 9.72 Å². The van der Waals surface area contributed by atoms with Crippen LogP contribution in [0.15, 0.2) is 42.7 Å². The Hall–Kier alpha value is -2.63. The number of pyridine rings is 2. The number of hydrogen-bond acceptors (Lipinski definition) is 5. The monoisotopic (exact) mass is 323 g/mol. The molecule has 1 fully saturated rings. The fraction of sp³-hybridized carbons (Fsp3) is 0.389. The highest BCUT2D eigenvalue weighted by atomic mass is 16.5. The van der Waals surface area contributed by atoms with Crippen LogP contribution in [0, 0.1) is 5.92 Å². The molecule has 124 valence electrons. The molecule has 6 heteroatoms. The van der Waals surface area contributed by atoms with Gasteiger partial charge in [0.25, 0.3) is 0 Å². The summed E-state index contributed by atoms with van der Waals surface area (Å²) >= 11 is 0. The number of piperidine rings is 1. The first-order valence-corrected chi connectivity index (χ1v) is 8.37. The second kappa shape index (κ2) is 6.47. The molecule has 6 nitrogen and oxygen atoms in total. The van der Waals surface area contributed by atoms with Gasteiger partial charge in [-0.1, -0.05) is 6.07 Å². The zero-order chi connectivity index (χ0) is 16.4. The van der Waals surface area contributed by atoms with E-state index in [-0.39, 0.29) is 0 Å². The van der Waals surface area contributed by atoms with Gasteiger partial charge in [0.1, 0.15) is 5.52 Å². The molecule has 0 amide bonds. The first-order valence-electron chi connectivity index (χ1n) is 8.37. The Bertz CT molecular complexity index is 817. The predicted molar refractivity (Wildman–Crippen MR) is 93.2 cm³/mol. The van der Waals surface area contributed by atoms with Crippen LogP contribution < -0.4 is 9.64 Å². The molecule has 24 heavy (non-hydrogen) atoms. The molecule has 1 atom stereocenters. The van der Waals surface area contributed by atoms with Gasteiger partial charge in [-0.25, -0.2) is 15.0 Å². The minimum Gasteiger partial charge on any atom is -0.477 e. The Kier molecular flexibility index (Phi) is 4.02. The molecule has 1 aliphatic rings. The van der Waals surface area contributed by atoms with Crippen LogP contribution in [0.1, 0.15) is 12.8 Å². The summed E-state index contributed by atoms with van der Waals surface area (Å²) in [5.74, 6) is 2.17. The van der Waals surface area contributed by atoms with Crippen molar-refractivity contribution in [3.05, 3.63) is 42.7 Å². The summed E-state index contributed by atoms with van der Waals surface area (Å²) in [5, 5.41) is 0. The number of aromatic nitrogens is 4. The number of aryl methyl sites for hydroxylation is 1. The topological polar surface area (TPSA) is 56.1 Å². The molecular formula is C18H21N5O. The average Bonchev–Trinajstić information content (AvgIpc) is 2.98. The van der Waals surface area contributed by atoms with Gasteiger partial charge in [-0.2, -0.15) is 0 Å². The summed E-state index contributed by atoms with van der Waals surface area (Å²) in [6.45, 7) is 2.66. The Labute approximate surface area is 141 Å². The van der Waals surface area contributed by atoms with Crippen LogP contribution in [0.4, 0.5) is 5.95 Å². The molecule has 1 aliphatic heterocycles. The van der Waals surface area contributed by atoms with E-state index in [2.05, 4.69) is 19.4 Å². The first kappa shape index (κ1) is 14.9. The van der Waals surface area contributed by atoms with Crippen LogP contribution in [-0.2, 0) is 7.05 Å². The van der Waals surface area contributed by atoms with Gasteiger partial charge in [0, 0.05) is 44.5 Å². The molecule has 3 aromatic rings. The van der Waals surface area contributed by atoms with E-state index in [0.717, 1.165) is 36.6 Å². The summed E-state index contributed by atoms with van der Waals surface area (Å²) < 4.78 is 7.92. The van der Waals surface area contributed by atoms with Crippen molar-refractivity contribution in [2.75, 3.05) is 24.6 Å². The predicted octanol–water partition coefficient (Wildman–Crippen LogP) is 2.66. The molecule has 1 saturated heterocycles. The molecule has 0 saturated carbocycles. The lowest BCUT2D eigenvalue weighted by Gasteiger charge is -2.33. The standard InChI is InChI=1S/C18H21N5O/c1-22-17-15(7-4-10-20-17)21-18(22)23-11-5-6-14(12-23)13-24-16-8-2-3-9-19-16/h2-4,7-10,14H,5-6,11-13H2,1H3. The summed E-state index contributed by atoms with van der Waals surface area (Å²) in [6, 6.07) is 9.69. The number of imidazole rings is 1. The molecule has 4 rings (SSSR count). The molecule has 0 radical (unpaired) electrons. The molecule has 3 aromatic heterocycles. The van der Waals surface area contributed by atoms with Gasteiger partial charge >= 0.3 is 0 Å². The Balaban J connectivity index is 1.47. The molecule has 1 unspecified atom stereocenters. The first-order chi connectivity index (χ1) is 11.8. The van der Waals surface area contributed by atoms with E-state index in [0.29, 0.717) is 18.4 Å². The van der Waals surface area contributed by atoms with Crippen molar-refractivity contribution in [3.63, 3.8) is 0 Å². The molecule has 0 bridgehead atoms. The summed E-state index contributed by atoms with van der Waals surface area (Å²) in [5.41, 5.74) is 1.88. The molecule has 0 aromatic carbocycles. The van der Waals surface area contributed by atoms with E-state index in [1.807, 2.05) is 43.6 Å². The maximum atomic E-state index is 5.84. The zero-order valence-corrected chi connectivity index (χ0v) is 13.8. The maximum absolute atomic E-state index is 5.84. The van der Waals surface area contributed by atoms with Gasteiger partial charge in [-0.15, -0.1) is 0 Å². The minimum absolute atomic E-state index is 0.480. The number of hydrogen-bond donors (Lipinski definition) is 0. The fourth-order valence-electron chi connectivity index (χ4n) is 3.31. The molecule has 0 aliphatic carbocycles. The Morgan fingerprint density at radius 1 is 1.17 bits per heavy atom. The van der Waals surface area contributed by atoms with Crippen molar-refractivity contribution in [1.29, 1.82) is 0 Å². The van der Waals surface area contributed by atoms with E-state index >= 15 is 0 Å². The van der Waals surface area contributed by atoms with Crippen molar-refractivity contribution in [3.8, 4) is 5.88 Å². The van der Waals surface area contributed by atoms with Crippen LogP contribution in [0.2, 0.25) is 0 Å². The van der Waals surface area contributed by atoms with Gasteiger partial charge in [0.15, 0.2) is 5.65 Å². The summed E-state index contributed by atoms with van der Waals surface area (Å²) in [4.78, 5) is 15.8. The lowest BCUT2D eigenvalue weighted by molar-refractivity contribution is 0.221. The molecule has 4 heterocycles. The van der Waals surface area contributed by atoms with Crippen molar-refractivity contribution >= 4 is 17.1 Å². The van der Waals surface area contributed by atoms with Gasteiger partial charge in [-0.3, -0.25) is 4.57 Å². The third-order valence-electron chi connectivity index (χ3n) is 4.51. The number of fused-ring (bicyclic) bond motifs is 1. The quantitative estimate of drug-likeness (QED) is 0.739. The SMILES string of the molecule is Cn1c(N2CCCC(COc3ccccn3)C2)nc2cccnc21. The highest BCUT2D eigenvalue weighted by Crippen LogP contribution is 2.25. The third-order valence-corrected chi connectivity index (χ3v) is 4.51. The van der Waals surface area contributed by atoms with E-state index in [1.54, 1.807) is 6.20 Å². The number of anilines is 1. The molecule has 0 N–H and O–H groups in total. The lowest BCUT2D eigenvalue weighted by Crippen LogP contribution is -2.39. The van der Waals surface area contributed by atoms with Crippen LogP contribution in [0.5, 0.6) is 5.88 Å². The van der Waals surface area contributed by atoms with Gasteiger partial charge in [0.05, 0.1) is 6.61 Å². The van der Waals surface area contributed by atoms with Crippen molar-refractivity contribution in [2.24, 2.45) is 13.0 Å². The van der Waals surface area contributed by atoms with Crippen molar-refractivity contribution in [1.82, 2.24) is 19.5 Å². The highest BCUT2D eigenvalue weighted by molar-refractivity contribution is 5.74. The zero-order valence-electron chi connectivity index (χ0n) is 13.8. The minimum atomic E-state index is 0.480. The lowest BCUT2D eigenvalue weighted by atomic mass is 9.99. The smallest absolute Gasteiger partial charge is 0.213 e. The van der Waals surface area contributed by atoms with Crippen LogP contribution in [0.25, 0.3) is 11.2 Å². The number of rotatable bonds is 4. The van der Waals surface area contributed by atoms with Gasteiger partial charge in [0.2, 0.25) is 11.8 Å². The van der Waals surface area contributed by atoms with Crippen LogP contribution >= 0.6 is 0 Å². The Morgan fingerprint density at radius 3 is 2.92 bits per heavy atom. The van der Waals surface area contributed by atoms with E-state index < -0.39 is 0 Å². The largest absolute Gasteiger partial charge is 0.477 e. The molecule has 0 spiro atoms. The maximum Gasteiger partial charge on any atom is 0.213 e. The van der Waals surface area contributed by atoms with Crippen LogP contribution in [0.3, 0.4) is 0 Å². The van der Waals surface area contributed by atoms with Gasteiger partial charge in [-0.05, 0) is 31.0 Å². The van der Waals surface area contributed by atoms with Crippen LogP contribution in [-0.4, -0.2) is 39.2 Å². The summed E-state index contributed by atoms with van der Waals surface area (Å²) in [6.07, 6.45) is 5.89. The second-order valence-electron chi connectivity index (χ2n) is 6.25.